The summed E-state index contributed by atoms with van der Waals surface area (Å²) in [6.45, 7) is 7.41. The van der Waals surface area contributed by atoms with E-state index in [0.29, 0.717) is 43.6 Å². The molecule has 7 heteroatoms. The predicted molar refractivity (Wildman–Crippen MR) is 84.0 cm³/mol. The average molecular weight is 325 g/mol. The number of Topliss-reactive ketones (excluding diaryl/α,β-unsaturated/α-hetero) is 1. The van der Waals surface area contributed by atoms with E-state index < -0.39 is 16.1 Å². The Bertz CT molecular complexity index is 691. The lowest BCUT2D eigenvalue weighted by molar-refractivity contribution is -0.122. The van der Waals surface area contributed by atoms with Crippen molar-refractivity contribution in [1.82, 2.24) is 14.1 Å². The normalized spacial score (nSPS) is 19.5. The van der Waals surface area contributed by atoms with E-state index in [-0.39, 0.29) is 10.7 Å². The fraction of sp³-hybridized carbons (Fsp3) is 0.600. The monoisotopic (exact) mass is 325 g/mol. The van der Waals surface area contributed by atoms with Crippen LogP contribution in [0.4, 0.5) is 0 Å². The van der Waals surface area contributed by atoms with Gasteiger partial charge in [-0.2, -0.15) is 9.40 Å². The Hall–Kier alpha value is -1.47. The average Bonchev–Trinajstić information content (AvgIpc) is 3.02. The van der Waals surface area contributed by atoms with E-state index in [1.165, 1.54) is 4.31 Å². The molecule has 2 heterocycles. The van der Waals surface area contributed by atoms with Crippen LogP contribution < -0.4 is 0 Å². The third kappa shape index (κ3) is 2.87. The Labute approximate surface area is 131 Å². The lowest BCUT2D eigenvalue weighted by atomic mass is 10.1. The van der Waals surface area contributed by atoms with Crippen LogP contribution in [0.1, 0.15) is 37.1 Å². The molecule has 0 aliphatic carbocycles. The first-order valence-electron chi connectivity index (χ1n) is 7.46. The van der Waals surface area contributed by atoms with Crippen molar-refractivity contribution in [2.45, 2.75) is 50.5 Å². The van der Waals surface area contributed by atoms with Gasteiger partial charge in [-0.25, -0.2) is 8.42 Å². The van der Waals surface area contributed by atoms with Gasteiger partial charge < -0.3 is 0 Å². The molecule has 1 atom stereocenters. The summed E-state index contributed by atoms with van der Waals surface area (Å²) in [5.41, 5.74) is 1.07. The topological polar surface area (TPSA) is 72.3 Å². The molecule has 0 amide bonds. The Morgan fingerprint density at radius 1 is 1.45 bits per heavy atom. The maximum atomic E-state index is 13.0. The van der Waals surface area contributed by atoms with Crippen LogP contribution >= 0.6 is 0 Å². The minimum Gasteiger partial charge on any atom is -0.298 e. The van der Waals surface area contributed by atoms with Gasteiger partial charge in [-0.15, -0.1) is 6.58 Å². The van der Waals surface area contributed by atoms with E-state index in [9.17, 15) is 13.2 Å². The molecule has 1 fully saturated rings. The number of allylic oxidation sites excluding steroid dienone is 1. The van der Waals surface area contributed by atoms with Crippen molar-refractivity contribution >= 4 is 15.8 Å². The second-order valence-electron chi connectivity index (χ2n) is 5.69. The van der Waals surface area contributed by atoms with Crippen molar-refractivity contribution in [2.24, 2.45) is 7.05 Å². The lowest BCUT2D eigenvalue weighted by Crippen LogP contribution is -2.40. The first-order chi connectivity index (χ1) is 10.3. The quantitative estimate of drug-likeness (QED) is 0.747. The summed E-state index contributed by atoms with van der Waals surface area (Å²) in [5, 5.41) is 4.18. The Morgan fingerprint density at radius 2 is 2.14 bits per heavy atom. The van der Waals surface area contributed by atoms with Gasteiger partial charge in [0, 0.05) is 20.0 Å². The molecule has 0 saturated carbocycles. The number of ketones is 1. The first-order valence-corrected chi connectivity index (χ1v) is 8.90. The third-order valence-electron chi connectivity index (χ3n) is 4.18. The Morgan fingerprint density at radius 3 is 2.68 bits per heavy atom. The molecule has 0 bridgehead atoms. The molecule has 22 heavy (non-hydrogen) atoms. The maximum Gasteiger partial charge on any atom is 0.247 e. The zero-order chi connectivity index (χ0) is 16.5. The maximum absolute atomic E-state index is 13.0. The van der Waals surface area contributed by atoms with Crippen molar-refractivity contribution < 1.29 is 13.2 Å². The van der Waals surface area contributed by atoms with Gasteiger partial charge in [0.1, 0.15) is 4.90 Å². The van der Waals surface area contributed by atoms with E-state index in [4.69, 9.17) is 0 Å². The van der Waals surface area contributed by atoms with Gasteiger partial charge in [-0.05, 0) is 33.1 Å². The molecule has 1 aromatic heterocycles. The summed E-state index contributed by atoms with van der Waals surface area (Å²) in [7, 11) is -1.97. The molecule has 1 saturated heterocycles. The van der Waals surface area contributed by atoms with Gasteiger partial charge in [-0.1, -0.05) is 6.08 Å². The van der Waals surface area contributed by atoms with E-state index in [0.717, 1.165) is 0 Å². The molecular formula is C15H23N3O3S. The Balaban J connectivity index is 2.36. The van der Waals surface area contributed by atoms with Gasteiger partial charge in [0.2, 0.25) is 10.0 Å². The number of sulfonamides is 1. The second-order valence-corrected chi connectivity index (χ2v) is 7.52. The number of hydrogen-bond acceptors (Lipinski definition) is 4. The minimum absolute atomic E-state index is 0.0276. The molecule has 6 nitrogen and oxygen atoms in total. The number of rotatable bonds is 6. The van der Waals surface area contributed by atoms with Crippen LogP contribution in [0.3, 0.4) is 0 Å². The highest BCUT2D eigenvalue weighted by molar-refractivity contribution is 7.89. The summed E-state index contributed by atoms with van der Waals surface area (Å²) in [6, 6.07) is -0.552. The molecule has 2 rings (SSSR count). The summed E-state index contributed by atoms with van der Waals surface area (Å²) in [5.74, 6) is -0.0276. The predicted octanol–water partition coefficient (Wildman–Crippen LogP) is 1.73. The van der Waals surface area contributed by atoms with Crippen LogP contribution in [0.2, 0.25) is 0 Å². The summed E-state index contributed by atoms with van der Waals surface area (Å²) >= 11 is 0. The highest BCUT2D eigenvalue weighted by Crippen LogP contribution is 2.30. The SMILES string of the molecule is C=CCCC(=O)C1CCCN1S(=O)(=O)c1c(C)nn(C)c1C. The summed E-state index contributed by atoms with van der Waals surface area (Å²) < 4.78 is 28.9. The van der Waals surface area contributed by atoms with Crippen molar-refractivity contribution in [3.8, 4) is 0 Å². The second kappa shape index (κ2) is 6.34. The Kier molecular flexibility index (Phi) is 4.87. The van der Waals surface area contributed by atoms with Gasteiger partial charge >= 0.3 is 0 Å². The van der Waals surface area contributed by atoms with Crippen molar-refractivity contribution in [3.05, 3.63) is 24.0 Å². The first kappa shape index (κ1) is 16.9. The van der Waals surface area contributed by atoms with Crippen LogP contribution in [0.25, 0.3) is 0 Å². The molecular weight excluding hydrogens is 302 g/mol. The highest BCUT2D eigenvalue weighted by Gasteiger charge is 2.40. The molecule has 0 aromatic carbocycles. The summed E-state index contributed by atoms with van der Waals surface area (Å²) in [6.07, 6.45) is 3.90. The molecule has 1 aliphatic rings. The van der Waals surface area contributed by atoms with E-state index >= 15 is 0 Å². The highest BCUT2D eigenvalue weighted by atomic mass is 32.2. The molecule has 0 radical (unpaired) electrons. The number of nitrogens with zero attached hydrogens (tertiary/aromatic N) is 3. The van der Waals surface area contributed by atoms with E-state index in [2.05, 4.69) is 11.7 Å². The van der Waals surface area contributed by atoms with E-state index in [1.54, 1.807) is 31.7 Å². The van der Waals surface area contributed by atoms with Crippen molar-refractivity contribution in [3.63, 3.8) is 0 Å². The van der Waals surface area contributed by atoms with Gasteiger partial charge in [0.15, 0.2) is 5.78 Å². The smallest absolute Gasteiger partial charge is 0.247 e. The fourth-order valence-corrected chi connectivity index (χ4v) is 5.09. The fourth-order valence-electron chi connectivity index (χ4n) is 3.01. The van der Waals surface area contributed by atoms with Gasteiger partial charge in [-0.3, -0.25) is 9.48 Å². The van der Waals surface area contributed by atoms with Crippen molar-refractivity contribution in [1.29, 1.82) is 0 Å². The molecule has 1 aromatic rings. The zero-order valence-corrected chi connectivity index (χ0v) is 14.2. The molecule has 122 valence electrons. The zero-order valence-electron chi connectivity index (χ0n) is 13.4. The molecule has 0 spiro atoms. The van der Waals surface area contributed by atoms with Crippen LogP contribution in [0, 0.1) is 13.8 Å². The van der Waals surface area contributed by atoms with Gasteiger partial charge in [0.25, 0.3) is 0 Å². The van der Waals surface area contributed by atoms with Crippen LogP contribution in [0.15, 0.2) is 17.6 Å². The van der Waals surface area contributed by atoms with Crippen LogP contribution in [0.5, 0.6) is 0 Å². The number of hydrogen-bond donors (Lipinski definition) is 0. The van der Waals surface area contributed by atoms with E-state index in [1.807, 2.05) is 0 Å². The summed E-state index contributed by atoms with van der Waals surface area (Å²) in [4.78, 5) is 12.5. The van der Waals surface area contributed by atoms with Crippen LogP contribution in [-0.4, -0.2) is 40.9 Å². The number of carbonyl (C=O) groups excluding carboxylic acids is 1. The lowest BCUT2D eigenvalue weighted by Gasteiger charge is -2.23. The van der Waals surface area contributed by atoms with Gasteiger partial charge in [0.05, 0.1) is 17.4 Å². The molecule has 0 N–H and O–H groups in total. The van der Waals surface area contributed by atoms with Crippen LogP contribution in [-0.2, 0) is 21.9 Å². The third-order valence-corrected chi connectivity index (χ3v) is 6.34. The standard InChI is InChI=1S/C15H23N3O3S/c1-5-6-9-14(19)13-8-7-10-18(13)22(20,21)15-11(2)16-17(4)12(15)3/h5,13H,1,6-10H2,2-4H3. The number of carbonyl (C=O) groups is 1. The number of aromatic nitrogens is 2. The minimum atomic E-state index is -3.70. The van der Waals surface area contributed by atoms with Crippen molar-refractivity contribution in [2.75, 3.05) is 6.54 Å². The molecule has 1 aliphatic heterocycles. The number of aryl methyl sites for hydroxylation is 2. The molecule has 1 unspecified atom stereocenters. The largest absolute Gasteiger partial charge is 0.298 e.